The molecule has 0 unspecified atom stereocenters. The van der Waals surface area contributed by atoms with E-state index in [1.54, 1.807) is 4.90 Å². The van der Waals surface area contributed by atoms with Crippen molar-refractivity contribution in [2.45, 2.75) is 19.0 Å². The molecule has 0 aliphatic carbocycles. The molecule has 1 aromatic carbocycles. The van der Waals surface area contributed by atoms with Crippen LogP contribution >= 0.6 is 11.6 Å². The van der Waals surface area contributed by atoms with E-state index in [9.17, 15) is 22.8 Å². The van der Waals surface area contributed by atoms with Gasteiger partial charge in [-0.3, -0.25) is 14.5 Å². The molecule has 1 aromatic rings. The fourth-order valence-corrected chi connectivity index (χ4v) is 2.69. The van der Waals surface area contributed by atoms with Crippen LogP contribution in [-0.2, 0) is 15.8 Å². The van der Waals surface area contributed by atoms with Crippen LogP contribution in [0.4, 0.5) is 18.9 Å². The highest BCUT2D eigenvalue weighted by atomic mass is 35.5. The van der Waals surface area contributed by atoms with Crippen molar-refractivity contribution in [3.8, 4) is 0 Å². The monoisotopic (exact) mass is 364 g/mol. The van der Waals surface area contributed by atoms with Gasteiger partial charge in [-0.05, 0) is 44.1 Å². The van der Waals surface area contributed by atoms with Crippen LogP contribution in [0.15, 0.2) is 18.2 Å². The molecule has 1 fully saturated rings. The quantitative estimate of drug-likeness (QED) is 0.861. The zero-order valence-electron chi connectivity index (χ0n) is 12.6. The van der Waals surface area contributed by atoms with Gasteiger partial charge in [-0.1, -0.05) is 11.6 Å². The summed E-state index contributed by atoms with van der Waals surface area (Å²) in [6.07, 6.45) is -3.65. The smallest absolute Gasteiger partial charge is 0.416 e. The molecule has 1 aliphatic heterocycles. The van der Waals surface area contributed by atoms with E-state index in [0.717, 1.165) is 18.2 Å². The van der Waals surface area contributed by atoms with E-state index in [1.807, 2.05) is 0 Å². The number of nitrogens with zero attached hydrogens (tertiary/aromatic N) is 1. The Morgan fingerprint density at radius 3 is 2.46 bits per heavy atom. The molecule has 5 nitrogen and oxygen atoms in total. The van der Waals surface area contributed by atoms with E-state index < -0.39 is 29.5 Å². The van der Waals surface area contributed by atoms with Crippen molar-refractivity contribution in [2.24, 2.45) is 5.92 Å². The number of anilines is 1. The first kappa shape index (κ1) is 18.5. The Morgan fingerprint density at radius 1 is 1.29 bits per heavy atom. The summed E-state index contributed by atoms with van der Waals surface area (Å²) in [7, 11) is 0. The third-order valence-electron chi connectivity index (χ3n) is 3.87. The van der Waals surface area contributed by atoms with Gasteiger partial charge in [-0.2, -0.15) is 13.2 Å². The van der Waals surface area contributed by atoms with Crippen LogP contribution in [-0.4, -0.2) is 41.5 Å². The number of carbonyl (C=O) groups excluding carboxylic acids is 1. The van der Waals surface area contributed by atoms with Crippen LogP contribution in [0.25, 0.3) is 0 Å². The lowest BCUT2D eigenvalue weighted by Gasteiger charge is -2.29. The van der Waals surface area contributed by atoms with Gasteiger partial charge in [-0.15, -0.1) is 0 Å². The molecule has 0 radical (unpaired) electrons. The number of hydrogen-bond donors (Lipinski definition) is 2. The molecule has 0 spiro atoms. The Bertz CT molecular complexity index is 629. The van der Waals surface area contributed by atoms with Crippen molar-refractivity contribution in [3.05, 3.63) is 28.8 Å². The van der Waals surface area contributed by atoms with Crippen molar-refractivity contribution < 1.29 is 27.9 Å². The first-order valence-corrected chi connectivity index (χ1v) is 7.66. The number of nitrogens with one attached hydrogen (secondary N) is 1. The molecule has 1 aliphatic rings. The van der Waals surface area contributed by atoms with Crippen LogP contribution in [0.5, 0.6) is 0 Å². The van der Waals surface area contributed by atoms with Crippen molar-refractivity contribution in [1.29, 1.82) is 0 Å². The number of piperidine rings is 1. The number of likely N-dealkylation sites (tertiary alicyclic amines) is 1. The van der Waals surface area contributed by atoms with Gasteiger partial charge in [0.05, 0.1) is 28.7 Å². The second-order valence-electron chi connectivity index (χ2n) is 5.63. The normalized spacial score (nSPS) is 16.8. The van der Waals surface area contributed by atoms with E-state index in [2.05, 4.69) is 5.32 Å². The van der Waals surface area contributed by atoms with E-state index in [4.69, 9.17) is 16.7 Å². The van der Waals surface area contributed by atoms with Gasteiger partial charge in [0.25, 0.3) is 0 Å². The number of halogens is 4. The first-order valence-electron chi connectivity index (χ1n) is 7.28. The molecule has 0 bridgehead atoms. The van der Waals surface area contributed by atoms with Gasteiger partial charge in [0, 0.05) is 0 Å². The van der Waals surface area contributed by atoms with E-state index >= 15 is 0 Å². The summed E-state index contributed by atoms with van der Waals surface area (Å²) in [5.74, 6) is -1.76. The minimum absolute atomic E-state index is 0.0148. The SMILES string of the molecule is O=C(CN1CCC(C(=O)O)CC1)Nc1cc(C(F)(F)F)ccc1Cl. The zero-order chi connectivity index (χ0) is 17.9. The fraction of sp³-hybridized carbons (Fsp3) is 0.467. The molecule has 9 heteroatoms. The molecule has 0 aromatic heterocycles. The zero-order valence-corrected chi connectivity index (χ0v) is 13.3. The number of carboxylic acid groups (broad SMARTS) is 1. The Balaban J connectivity index is 1.94. The average molecular weight is 365 g/mol. The molecule has 1 heterocycles. The lowest BCUT2D eigenvalue weighted by atomic mass is 9.97. The minimum atomic E-state index is -4.53. The lowest BCUT2D eigenvalue weighted by Crippen LogP contribution is -2.40. The third-order valence-corrected chi connectivity index (χ3v) is 4.20. The maximum Gasteiger partial charge on any atom is 0.416 e. The first-order chi connectivity index (χ1) is 11.2. The van der Waals surface area contributed by atoms with Crippen molar-refractivity contribution in [1.82, 2.24) is 4.90 Å². The van der Waals surface area contributed by atoms with Gasteiger partial charge < -0.3 is 10.4 Å². The van der Waals surface area contributed by atoms with Crippen LogP contribution < -0.4 is 5.32 Å². The molecule has 0 atom stereocenters. The van der Waals surface area contributed by atoms with Crippen LogP contribution in [0.2, 0.25) is 5.02 Å². The van der Waals surface area contributed by atoms with Gasteiger partial charge in [0.15, 0.2) is 0 Å². The molecule has 2 rings (SSSR count). The van der Waals surface area contributed by atoms with Gasteiger partial charge in [-0.25, -0.2) is 0 Å². The summed E-state index contributed by atoms with van der Waals surface area (Å²) in [6, 6.07) is 2.71. The molecule has 2 N–H and O–H groups in total. The number of aliphatic carboxylic acids is 1. The minimum Gasteiger partial charge on any atom is -0.481 e. The number of carbonyl (C=O) groups is 2. The third kappa shape index (κ3) is 4.85. The predicted octanol–water partition coefficient (Wildman–Crippen LogP) is 3.09. The number of benzene rings is 1. The second kappa shape index (κ2) is 7.40. The topological polar surface area (TPSA) is 69.6 Å². The largest absolute Gasteiger partial charge is 0.481 e. The van der Waals surface area contributed by atoms with Crippen molar-refractivity contribution >= 4 is 29.2 Å². The Hall–Kier alpha value is -1.80. The van der Waals surface area contributed by atoms with Gasteiger partial charge in [0.1, 0.15) is 0 Å². The number of carboxylic acids is 1. The van der Waals surface area contributed by atoms with Gasteiger partial charge >= 0.3 is 12.1 Å². The molecular formula is C15H16ClF3N2O3. The van der Waals surface area contributed by atoms with E-state index in [0.29, 0.717) is 25.9 Å². The van der Waals surface area contributed by atoms with Crippen molar-refractivity contribution in [3.63, 3.8) is 0 Å². The molecule has 132 valence electrons. The van der Waals surface area contributed by atoms with Crippen molar-refractivity contribution in [2.75, 3.05) is 25.0 Å². The van der Waals surface area contributed by atoms with E-state index in [1.165, 1.54) is 0 Å². The highest BCUT2D eigenvalue weighted by Crippen LogP contribution is 2.33. The summed E-state index contributed by atoms with van der Waals surface area (Å²) >= 11 is 5.83. The fourth-order valence-electron chi connectivity index (χ4n) is 2.53. The lowest BCUT2D eigenvalue weighted by molar-refractivity contribution is -0.143. The standard InChI is InChI=1S/C15H16ClF3N2O3/c16-11-2-1-10(15(17,18)19)7-12(11)20-13(22)8-21-5-3-9(4-6-21)14(23)24/h1-2,7,9H,3-6,8H2,(H,20,22)(H,23,24). The summed E-state index contributed by atoms with van der Waals surface area (Å²) in [5, 5.41) is 11.3. The highest BCUT2D eigenvalue weighted by Gasteiger charge is 2.31. The Labute approximate surface area is 141 Å². The number of amides is 1. The van der Waals surface area contributed by atoms with Crippen LogP contribution in [0.3, 0.4) is 0 Å². The summed E-state index contributed by atoms with van der Waals surface area (Å²) in [4.78, 5) is 24.6. The maximum absolute atomic E-state index is 12.7. The summed E-state index contributed by atoms with van der Waals surface area (Å²) < 4.78 is 38.1. The number of rotatable bonds is 4. The Morgan fingerprint density at radius 2 is 1.92 bits per heavy atom. The van der Waals surface area contributed by atoms with Gasteiger partial charge in [0.2, 0.25) is 5.91 Å². The Kier molecular flexibility index (Phi) is 5.71. The molecule has 1 saturated heterocycles. The molecule has 24 heavy (non-hydrogen) atoms. The molecular weight excluding hydrogens is 349 g/mol. The van der Waals surface area contributed by atoms with E-state index in [-0.39, 0.29) is 17.3 Å². The summed E-state index contributed by atoms with van der Waals surface area (Å²) in [5.41, 5.74) is -0.999. The molecule has 0 saturated carbocycles. The summed E-state index contributed by atoms with van der Waals surface area (Å²) in [6.45, 7) is 0.861. The average Bonchev–Trinajstić information content (AvgIpc) is 2.48. The van der Waals surface area contributed by atoms with Crippen LogP contribution in [0.1, 0.15) is 18.4 Å². The number of hydrogen-bond acceptors (Lipinski definition) is 3. The maximum atomic E-state index is 12.7. The number of alkyl halides is 3. The predicted molar refractivity (Wildman–Crippen MR) is 81.9 cm³/mol. The second-order valence-corrected chi connectivity index (χ2v) is 6.04. The molecule has 1 amide bonds. The highest BCUT2D eigenvalue weighted by molar-refractivity contribution is 6.33. The van der Waals surface area contributed by atoms with Crippen LogP contribution in [0, 0.1) is 5.92 Å².